The zero-order chi connectivity index (χ0) is 15.7. The molecule has 0 aliphatic carbocycles. The summed E-state index contributed by atoms with van der Waals surface area (Å²) >= 11 is 0. The molecule has 1 amide bonds. The molecule has 0 radical (unpaired) electrons. The third kappa shape index (κ3) is 10.3. The average Bonchev–Trinajstić information content (AvgIpc) is 2.89. The van der Waals surface area contributed by atoms with Crippen LogP contribution in [0.4, 0.5) is 0 Å². The number of hydrogen-bond acceptors (Lipinski definition) is 5. The average molecular weight is 358 g/mol. The highest BCUT2D eigenvalue weighted by molar-refractivity contribution is 7.89. The SMILES string of the molecule is CC(C)OCCS(=O)(=O)NCC(=O)NCCC1CCNC1.Cl. The molecule has 0 aromatic carbocycles. The minimum Gasteiger partial charge on any atom is -0.378 e. The van der Waals surface area contributed by atoms with E-state index in [9.17, 15) is 13.2 Å². The summed E-state index contributed by atoms with van der Waals surface area (Å²) in [5.41, 5.74) is 0. The molecule has 0 spiro atoms. The maximum absolute atomic E-state index is 11.6. The van der Waals surface area contributed by atoms with Gasteiger partial charge in [-0.15, -0.1) is 12.4 Å². The van der Waals surface area contributed by atoms with Crippen molar-refractivity contribution in [2.24, 2.45) is 5.92 Å². The summed E-state index contributed by atoms with van der Waals surface area (Å²) in [4.78, 5) is 11.6. The van der Waals surface area contributed by atoms with Gasteiger partial charge in [-0.3, -0.25) is 4.79 Å². The third-order valence-electron chi connectivity index (χ3n) is 3.29. The van der Waals surface area contributed by atoms with Crippen LogP contribution >= 0.6 is 12.4 Å². The Morgan fingerprint density at radius 1 is 1.41 bits per heavy atom. The van der Waals surface area contributed by atoms with E-state index in [2.05, 4.69) is 15.4 Å². The molecule has 1 aliphatic rings. The fraction of sp³-hybridized carbons (Fsp3) is 0.923. The molecule has 3 N–H and O–H groups in total. The third-order valence-corrected chi connectivity index (χ3v) is 4.58. The van der Waals surface area contributed by atoms with Crippen molar-refractivity contribution in [3.8, 4) is 0 Å². The second-order valence-electron chi connectivity index (χ2n) is 5.56. The Labute approximate surface area is 139 Å². The number of rotatable bonds is 10. The van der Waals surface area contributed by atoms with Crippen LogP contribution in [0.5, 0.6) is 0 Å². The lowest BCUT2D eigenvalue weighted by molar-refractivity contribution is -0.120. The van der Waals surface area contributed by atoms with Crippen LogP contribution in [0, 0.1) is 5.92 Å². The first kappa shape index (κ1) is 21.6. The summed E-state index contributed by atoms with van der Waals surface area (Å²) in [7, 11) is -3.46. The summed E-state index contributed by atoms with van der Waals surface area (Å²) in [6, 6.07) is 0. The second-order valence-corrected chi connectivity index (χ2v) is 7.48. The summed E-state index contributed by atoms with van der Waals surface area (Å²) < 4.78 is 30.7. The molecular weight excluding hydrogens is 330 g/mol. The van der Waals surface area contributed by atoms with Gasteiger partial charge in [0.1, 0.15) is 0 Å². The highest BCUT2D eigenvalue weighted by Gasteiger charge is 2.15. The molecule has 0 bridgehead atoms. The summed E-state index contributed by atoms with van der Waals surface area (Å²) in [6.07, 6.45) is 2.06. The molecule has 22 heavy (non-hydrogen) atoms. The molecule has 7 nitrogen and oxygen atoms in total. The summed E-state index contributed by atoms with van der Waals surface area (Å²) in [5.74, 6) is 0.177. The van der Waals surface area contributed by atoms with E-state index >= 15 is 0 Å². The van der Waals surface area contributed by atoms with Crippen molar-refractivity contribution in [2.75, 3.05) is 38.5 Å². The van der Waals surface area contributed by atoms with E-state index in [-0.39, 0.29) is 43.3 Å². The van der Waals surface area contributed by atoms with Crippen molar-refractivity contribution in [3.63, 3.8) is 0 Å². The first-order valence-corrected chi connectivity index (χ1v) is 9.10. The highest BCUT2D eigenvalue weighted by atomic mass is 35.5. The van der Waals surface area contributed by atoms with E-state index in [1.54, 1.807) is 0 Å². The standard InChI is InChI=1S/C13H27N3O4S.ClH/c1-11(2)20-7-8-21(18,19)16-10-13(17)15-6-4-12-3-5-14-9-12;/h11-12,14,16H,3-10H2,1-2H3,(H,15,17);1H. The fourth-order valence-corrected chi connectivity index (χ4v) is 2.89. The first-order valence-electron chi connectivity index (χ1n) is 7.45. The summed E-state index contributed by atoms with van der Waals surface area (Å²) in [6.45, 7) is 6.22. The van der Waals surface area contributed by atoms with Gasteiger partial charge < -0.3 is 15.4 Å². The normalized spacial score (nSPS) is 18.2. The van der Waals surface area contributed by atoms with E-state index in [0.717, 1.165) is 25.9 Å². The molecule has 1 atom stereocenters. The quantitative estimate of drug-likeness (QED) is 0.506. The Hall–Kier alpha value is -0.410. The van der Waals surface area contributed by atoms with Gasteiger partial charge in [-0.1, -0.05) is 0 Å². The number of hydrogen-bond donors (Lipinski definition) is 3. The maximum Gasteiger partial charge on any atom is 0.235 e. The first-order chi connectivity index (χ1) is 9.89. The van der Waals surface area contributed by atoms with Crippen LogP contribution in [0.1, 0.15) is 26.7 Å². The number of nitrogens with one attached hydrogen (secondary N) is 3. The lowest BCUT2D eigenvalue weighted by Crippen LogP contribution is -2.39. The van der Waals surface area contributed by atoms with Crippen LogP contribution in [0.15, 0.2) is 0 Å². The number of carbonyl (C=O) groups is 1. The van der Waals surface area contributed by atoms with Crippen molar-refractivity contribution < 1.29 is 17.9 Å². The van der Waals surface area contributed by atoms with Gasteiger partial charge in [0, 0.05) is 6.54 Å². The van der Waals surface area contributed by atoms with Gasteiger partial charge in [0.15, 0.2) is 0 Å². The molecule has 0 aromatic heterocycles. The molecule has 1 rings (SSSR count). The predicted octanol–water partition coefficient (Wildman–Crippen LogP) is -0.132. The Balaban J connectivity index is 0.00000441. The number of halogens is 1. The molecule has 1 saturated heterocycles. The van der Waals surface area contributed by atoms with Crippen molar-refractivity contribution in [2.45, 2.75) is 32.8 Å². The molecule has 0 saturated carbocycles. The molecule has 132 valence electrons. The lowest BCUT2D eigenvalue weighted by atomic mass is 10.1. The zero-order valence-electron chi connectivity index (χ0n) is 13.3. The van der Waals surface area contributed by atoms with Gasteiger partial charge >= 0.3 is 0 Å². The highest BCUT2D eigenvalue weighted by Crippen LogP contribution is 2.10. The predicted molar refractivity (Wildman–Crippen MR) is 88.7 cm³/mol. The minimum absolute atomic E-state index is 0. The number of ether oxygens (including phenoxy) is 1. The van der Waals surface area contributed by atoms with Gasteiger partial charge in [-0.2, -0.15) is 0 Å². The smallest absolute Gasteiger partial charge is 0.235 e. The molecular formula is C13H28ClN3O4S. The van der Waals surface area contributed by atoms with Gasteiger partial charge in [-0.25, -0.2) is 13.1 Å². The van der Waals surface area contributed by atoms with Gasteiger partial charge in [-0.05, 0) is 45.7 Å². The Bertz CT molecular complexity index is 412. The molecule has 0 aromatic rings. The number of carbonyl (C=O) groups excluding carboxylic acids is 1. The molecule has 1 fully saturated rings. The minimum atomic E-state index is -3.46. The maximum atomic E-state index is 11.6. The lowest BCUT2D eigenvalue weighted by Gasteiger charge is -2.11. The second kappa shape index (κ2) is 11.2. The Morgan fingerprint density at radius 2 is 2.14 bits per heavy atom. The molecule has 9 heteroatoms. The van der Waals surface area contributed by atoms with Crippen molar-refractivity contribution >= 4 is 28.3 Å². The van der Waals surface area contributed by atoms with Crippen LogP contribution in [-0.4, -0.2) is 59.0 Å². The number of sulfonamides is 1. The van der Waals surface area contributed by atoms with E-state index in [1.807, 2.05) is 13.8 Å². The fourth-order valence-electron chi connectivity index (χ4n) is 2.08. The van der Waals surface area contributed by atoms with Crippen LogP contribution in [0.25, 0.3) is 0 Å². The Morgan fingerprint density at radius 3 is 2.73 bits per heavy atom. The molecule has 1 heterocycles. The van der Waals surface area contributed by atoms with Crippen LogP contribution in [-0.2, 0) is 19.6 Å². The monoisotopic (exact) mass is 357 g/mol. The largest absolute Gasteiger partial charge is 0.378 e. The van der Waals surface area contributed by atoms with E-state index in [4.69, 9.17) is 4.74 Å². The van der Waals surface area contributed by atoms with Crippen LogP contribution in [0.2, 0.25) is 0 Å². The van der Waals surface area contributed by atoms with Crippen molar-refractivity contribution in [3.05, 3.63) is 0 Å². The van der Waals surface area contributed by atoms with Crippen LogP contribution in [0.3, 0.4) is 0 Å². The molecule has 1 aliphatic heterocycles. The van der Waals surface area contributed by atoms with Gasteiger partial charge in [0.25, 0.3) is 0 Å². The van der Waals surface area contributed by atoms with Crippen molar-refractivity contribution in [1.82, 2.24) is 15.4 Å². The topological polar surface area (TPSA) is 96.5 Å². The van der Waals surface area contributed by atoms with Crippen molar-refractivity contribution in [1.29, 1.82) is 0 Å². The van der Waals surface area contributed by atoms with E-state index in [1.165, 1.54) is 0 Å². The summed E-state index contributed by atoms with van der Waals surface area (Å²) in [5, 5.41) is 6.00. The van der Waals surface area contributed by atoms with Crippen LogP contribution < -0.4 is 15.4 Å². The van der Waals surface area contributed by atoms with E-state index < -0.39 is 10.0 Å². The van der Waals surface area contributed by atoms with Gasteiger partial charge in [0.05, 0.1) is 25.0 Å². The van der Waals surface area contributed by atoms with Gasteiger partial charge in [0.2, 0.25) is 15.9 Å². The molecule has 1 unspecified atom stereocenters. The Kier molecular flexibility index (Phi) is 11.0. The number of amides is 1. The van der Waals surface area contributed by atoms with E-state index in [0.29, 0.717) is 12.5 Å². The zero-order valence-corrected chi connectivity index (χ0v) is 14.9.